The fourth-order valence-corrected chi connectivity index (χ4v) is 2.44. The molecule has 2 atom stereocenters. The number of carbonyl (C=O) groups excluding carboxylic acids is 1. The molecule has 0 saturated carbocycles. The summed E-state index contributed by atoms with van der Waals surface area (Å²) >= 11 is 0. The Balaban J connectivity index is 2.93. The first kappa shape index (κ1) is 14.5. The van der Waals surface area contributed by atoms with Crippen molar-refractivity contribution in [3.8, 4) is 0 Å². The first-order valence-electron chi connectivity index (χ1n) is 6.04. The van der Waals surface area contributed by atoms with E-state index in [1.807, 2.05) is 20.8 Å². The monoisotopic (exact) mass is 244 g/mol. The zero-order chi connectivity index (χ0) is 13.5. The molecule has 4 heteroatoms. The van der Waals surface area contributed by atoms with Gasteiger partial charge in [-0.3, -0.25) is 4.79 Å². The molecule has 17 heavy (non-hydrogen) atoms. The van der Waals surface area contributed by atoms with Gasteiger partial charge in [-0.1, -0.05) is 0 Å². The lowest BCUT2D eigenvalue weighted by Crippen LogP contribution is -2.60. The molecular weight excluding hydrogens is 220 g/mol. The first-order valence-corrected chi connectivity index (χ1v) is 6.04. The van der Waals surface area contributed by atoms with Gasteiger partial charge in [-0.25, -0.2) is 0 Å². The van der Waals surface area contributed by atoms with Crippen LogP contribution in [0, 0.1) is 5.92 Å². The van der Waals surface area contributed by atoms with Crippen molar-refractivity contribution in [1.82, 2.24) is 0 Å². The molecule has 1 N–H and O–H groups in total. The smallest absolute Gasteiger partial charge is 0.311 e. The molecule has 1 saturated heterocycles. The van der Waals surface area contributed by atoms with Crippen LogP contribution in [0.3, 0.4) is 0 Å². The van der Waals surface area contributed by atoms with Gasteiger partial charge >= 0.3 is 5.97 Å². The molecule has 0 amide bonds. The minimum absolute atomic E-state index is 0.243. The first-order chi connectivity index (χ1) is 7.53. The third-order valence-electron chi connectivity index (χ3n) is 4.02. The summed E-state index contributed by atoms with van der Waals surface area (Å²) in [6, 6.07) is 0. The Morgan fingerprint density at radius 1 is 1.41 bits per heavy atom. The van der Waals surface area contributed by atoms with E-state index in [-0.39, 0.29) is 11.9 Å². The van der Waals surface area contributed by atoms with Gasteiger partial charge in [-0.15, -0.1) is 0 Å². The lowest BCUT2D eigenvalue weighted by atomic mass is 9.73. The molecule has 1 aliphatic heterocycles. The summed E-state index contributed by atoms with van der Waals surface area (Å²) in [7, 11) is 1.39. The van der Waals surface area contributed by atoms with Gasteiger partial charge in [0.25, 0.3) is 0 Å². The Morgan fingerprint density at radius 3 is 2.29 bits per heavy atom. The molecule has 0 radical (unpaired) electrons. The van der Waals surface area contributed by atoms with Crippen molar-refractivity contribution in [3.63, 3.8) is 0 Å². The minimum atomic E-state index is -0.939. The van der Waals surface area contributed by atoms with E-state index in [1.165, 1.54) is 7.11 Å². The summed E-state index contributed by atoms with van der Waals surface area (Å²) in [4.78, 5) is 11.7. The average molecular weight is 244 g/mol. The summed E-state index contributed by atoms with van der Waals surface area (Å²) in [5.41, 5.74) is -2.20. The second-order valence-electron chi connectivity index (χ2n) is 6.11. The number of aliphatic hydroxyl groups is 1. The molecule has 1 rings (SSSR count). The second kappa shape index (κ2) is 4.25. The molecule has 0 aromatic rings. The van der Waals surface area contributed by atoms with Crippen LogP contribution < -0.4 is 0 Å². The van der Waals surface area contributed by atoms with Crippen molar-refractivity contribution < 1.29 is 19.4 Å². The van der Waals surface area contributed by atoms with E-state index in [0.29, 0.717) is 12.8 Å². The molecular formula is C13H24O4. The Bertz CT molecular complexity index is 303. The largest absolute Gasteiger partial charge is 0.469 e. The zero-order valence-electron chi connectivity index (χ0n) is 11.7. The van der Waals surface area contributed by atoms with Gasteiger partial charge in [-0.2, -0.15) is 0 Å². The van der Waals surface area contributed by atoms with Crippen molar-refractivity contribution in [2.45, 2.75) is 64.3 Å². The number of esters is 1. The summed E-state index contributed by atoms with van der Waals surface area (Å²) in [5.74, 6) is -0.518. The number of ether oxygens (including phenoxy) is 2. The number of hydrogen-bond donors (Lipinski definition) is 1. The highest BCUT2D eigenvalue weighted by atomic mass is 16.6. The molecule has 1 heterocycles. The standard InChI is InChI=1S/C13H24O4/c1-11(2)9(10(14)16-6)7-8-13(5,17-11)12(3,4)15/h9,15H,7-8H2,1-6H3/t9-,13+/m1/s1. The van der Waals surface area contributed by atoms with Gasteiger partial charge in [0.05, 0.1) is 29.8 Å². The Morgan fingerprint density at radius 2 is 1.94 bits per heavy atom. The summed E-state index contributed by atoms with van der Waals surface area (Å²) < 4.78 is 10.8. The van der Waals surface area contributed by atoms with Gasteiger partial charge < -0.3 is 14.6 Å². The Labute approximate surface area is 103 Å². The van der Waals surface area contributed by atoms with Crippen LogP contribution in [0.2, 0.25) is 0 Å². The van der Waals surface area contributed by atoms with Crippen LogP contribution in [0.15, 0.2) is 0 Å². The molecule has 0 spiro atoms. The van der Waals surface area contributed by atoms with Gasteiger partial charge in [-0.05, 0) is 47.5 Å². The van der Waals surface area contributed by atoms with E-state index in [1.54, 1.807) is 13.8 Å². The molecule has 100 valence electrons. The van der Waals surface area contributed by atoms with Crippen LogP contribution in [0.5, 0.6) is 0 Å². The molecule has 0 aliphatic carbocycles. The maximum atomic E-state index is 11.7. The lowest BCUT2D eigenvalue weighted by Gasteiger charge is -2.51. The maximum Gasteiger partial charge on any atom is 0.311 e. The third-order valence-corrected chi connectivity index (χ3v) is 4.02. The molecule has 0 unspecified atom stereocenters. The molecule has 1 fully saturated rings. The highest BCUT2D eigenvalue weighted by molar-refractivity contribution is 5.73. The number of rotatable bonds is 2. The predicted molar refractivity (Wildman–Crippen MR) is 64.6 cm³/mol. The Kier molecular flexibility index (Phi) is 3.61. The molecule has 0 aromatic carbocycles. The van der Waals surface area contributed by atoms with E-state index >= 15 is 0 Å². The van der Waals surface area contributed by atoms with Crippen LogP contribution in [0.25, 0.3) is 0 Å². The van der Waals surface area contributed by atoms with Crippen LogP contribution in [0.1, 0.15) is 47.5 Å². The van der Waals surface area contributed by atoms with Gasteiger partial charge in [0.2, 0.25) is 0 Å². The SMILES string of the molecule is COC(=O)[C@H]1CC[C@@](C)(C(C)(C)O)OC1(C)C. The van der Waals surface area contributed by atoms with Crippen molar-refractivity contribution >= 4 is 5.97 Å². The summed E-state index contributed by atoms with van der Waals surface area (Å²) in [5, 5.41) is 10.2. The fraction of sp³-hybridized carbons (Fsp3) is 0.923. The minimum Gasteiger partial charge on any atom is -0.469 e. The zero-order valence-corrected chi connectivity index (χ0v) is 11.7. The van der Waals surface area contributed by atoms with Crippen molar-refractivity contribution in [2.75, 3.05) is 7.11 Å². The van der Waals surface area contributed by atoms with Crippen LogP contribution in [-0.2, 0) is 14.3 Å². The number of carbonyl (C=O) groups is 1. The van der Waals surface area contributed by atoms with Crippen LogP contribution >= 0.6 is 0 Å². The lowest BCUT2D eigenvalue weighted by molar-refractivity contribution is -0.255. The fourth-order valence-electron chi connectivity index (χ4n) is 2.44. The van der Waals surface area contributed by atoms with Crippen LogP contribution in [-0.4, -0.2) is 35.0 Å². The average Bonchev–Trinajstić information content (AvgIpc) is 2.13. The molecule has 1 aliphatic rings. The van der Waals surface area contributed by atoms with E-state index < -0.39 is 16.8 Å². The van der Waals surface area contributed by atoms with Gasteiger partial charge in [0.1, 0.15) is 0 Å². The predicted octanol–water partition coefficient (Wildman–Crippen LogP) is 1.89. The summed E-state index contributed by atoms with van der Waals surface area (Å²) in [6.45, 7) is 9.11. The van der Waals surface area contributed by atoms with Gasteiger partial charge in [0.15, 0.2) is 0 Å². The maximum absolute atomic E-state index is 11.7. The molecule has 4 nitrogen and oxygen atoms in total. The Hall–Kier alpha value is -0.610. The van der Waals surface area contributed by atoms with Crippen molar-refractivity contribution in [3.05, 3.63) is 0 Å². The highest BCUT2D eigenvalue weighted by Crippen LogP contribution is 2.44. The number of hydrogen-bond acceptors (Lipinski definition) is 4. The quantitative estimate of drug-likeness (QED) is 0.754. The highest BCUT2D eigenvalue weighted by Gasteiger charge is 2.52. The van der Waals surface area contributed by atoms with E-state index in [2.05, 4.69) is 0 Å². The second-order valence-corrected chi connectivity index (χ2v) is 6.11. The van der Waals surface area contributed by atoms with Crippen LogP contribution in [0.4, 0.5) is 0 Å². The number of methoxy groups -OCH3 is 1. The van der Waals surface area contributed by atoms with E-state index in [9.17, 15) is 9.90 Å². The molecule has 0 bridgehead atoms. The topological polar surface area (TPSA) is 55.8 Å². The van der Waals surface area contributed by atoms with Crippen molar-refractivity contribution in [1.29, 1.82) is 0 Å². The normalized spacial score (nSPS) is 33.2. The summed E-state index contributed by atoms with van der Waals surface area (Å²) in [6.07, 6.45) is 1.31. The third kappa shape index (κ3) is 2.63. The molecule has 0 aromatic heterocycles. The van der Waals surface area contributed by atoms with E-state index in [0.717, 1.165) is 0 Å². The van der Waals surface area contributed by atoms with Gasteiger partial charge in [0, 0.05) is 0 Å². The van der Waals surface area contributed by atoms with E-state index in [4.69, 9.17) is 9.47 Å². The van der Waals surface area contributed by atoms with Crippen molar-refractivity contribution in [2.24, 2.45) is 5.92 Å².